The minimum Gasteiger partial charge on any atom is -0.268 e. The van der Waals surface area contributed by atoms with Crippen molar-refractivity contribution in [3.05, 3.63) is 58.7 Å². The van der Waals surface area contributed by atoms with Crippen molar-refractivity contribution in [3.63, 3.8) is 0 Å². The fourth-order valence-corrected chi connectivity index (χ4v) is 2.08. The molecule has 1 aliphatic heterocycles. The van der Waals surface area contributed by atoms with E-state index >= 15 is 0 Å². The summed E-state index contributed by atoms with van der Waals surface area (Å²) in [6.45, 7) is 0. The second kappa shape index (κ2) is 4.58. The van der Waals surface area contributed by atoms with Crippen LogP contribution >= 0.6 is 0 Å². The van der Waals surface area contributed by atoms with Crippen LogP contribution in [0.5, 0.6) is 0 Å². The van der Waals surface area contributed by atoms with Crippen molar-refractivity contribution in [2.45, 2.75) is 0 Å². The van der Waals surface area contributed by atoms with Gasteiger partial charge in [-0.15, -0.1) is 0 Å². The van der Waals surface area contributed by atoms with Crippen molar-refractivity contribution in [2.24, 2.45) is 0 Å². The predicted molar refractivity (Wildman–Crippen MR) is 61.6 cm³/mol. The van der Waals surface area contributed by atoms with E-state index in [1.165, 1.54) is 0 Å². The Morgan fingerprint density at radius 3 is 1.82 bits per heavy atom. The Kier molecular flexibility index (Phi) is 2.94. The van der Waals surface area contributed by atoms with Crippen LogP contribution in [0.3, 0.4) is 0 Å². The van der Waals surface area contributed by atoms with Crippen molar-refractivity contribution in [3.8, 4) is 0 Å². The molecular weight excluding hydrogens is 311 g/mol. The summed E-state index contributed by atoms with van der Waals surface area (Å²) in [5.41, 5.74) is -2.15. The molecule has 3 rings (SSSR count). The van der Waals surface area contributed by atoms with E-state index < -0.39 is 46.6 Å². The molecule has 0 spiro atoms. The van der Waals surface area contributed by atoms with Crippen LogP contribution in [0, 0.1) is 29.1 Å². The van der Waals surface area contributed by atoms with Crippen molar-refractivity contribution in [1.82, 2.24) is 4.98 Å². The second-order valence-electron chi connectivity index (χ2n) is 4.29. The first-order valence-corrected chi connectivity index (χ1v) is 5.70. The van der Waals surface area contributed by atoms with Gasteiger partial charge in [-0.1, -0.05) is 0 Å². The number of benzene rings is 1. The van der Waals surface area contributed by atoms with E-state index in [2.05, 4.69) is 4.98 Å². The number of aromatic nitrogens is 1. The monoisotopic (exact) mass is 314 g/mol. The topological polar surface area (TPSA) is 50.3 Å². The largest absolute Gasteiger partial charge is 0.268 e. The third kappa shape index (κ3) is 1.65. The molecule has 0 bridgehead atoms. The molecule has 0 fully saturated rings. The third-order valence-corrected chi connectivity index (χ3v) is 3.10. The first-order valence-electron chi connectivity index (χ1n) is 5.70. The van der Waals surface area contributed by atoms with Crippen LogP contribution in [0.25, 0.3) is 0 Å². The van der Waals surface area contributed by atoms with Gasteiger partial charge in [-0.25, -0.2) is 26.9 Å². The Bertz CT molecular complexity index is 789. The molecule has 22 heavy (non-hydrogen) atoms. The molecule has 1 aromatic carbocycles. The van der Waals surface area contributed by atoms with Gasteiger partial charge in [0.05, 0.1) is 11.1 Å². The highest BCUT2D eigenvalue weighted by molar-refractivity contribution is 6.34. The van der Waals surface area contributed by atoms with Crippen LogP contribution in [0.4, 0.5) is 27.6 Å². The van der Waals surface area contributed by atoms with Gasteiger partial charge in [-0.2, -0.15) is 0 Å². The van der Waals surface area contributed by atoms with E-state index in [1.807, 2.05) is 0 Å². The van der Waals surface area contributed by atoms with Crippen LogP contribution < -0.4 is 4.90 Å². The maximum absolute atomic E-state index is 13.7. The van der Waals surface area contributed by atoms with Gasteiger partial charge in [0, 0.05) is 12.4 Å². The third-order valence-electron chi connectivity index (χ3n) is 3.10. The summed E-state index contributed by atoms with van der Waals surface area (Å²) in [6.07, 6.45) is 2.10. The number of hydrogen-bond acceptors (Lipinski definition) is 3. The average molecular weight is 314 g/mol. The van der Waals surface area contributed by atoms with Crippen LogP contribution in [0.2, 0.25) is 0 Å². The maximum atomic E-state index is 13.7. The minimum absolute atomic E-state index is 0.0946. The molecule has 2 amide bonds. The molecule has 1 aliphatic rings. The molecule has 2 aromatic rings. The van der Waals surface area contributed by atoms with Crippen LogP contribution in [0.15, 0.2) is 18.5 Å². The Hall–Kier alpha value is -2.84. The molecule has 0 atom stereocenters. The van der Waals surface area contributed by atoms with E-state index in [-0.39, 0.29) is 16.0 Å². The van der Waals surface area contributed by atoms with Gasteiger partial charge in [0.2, 0.25) is 5.82 Å². The highest BCUT2D eigenvalue weighted by atomic mass is 19.2. The number of carbonyl (C=O) groups is 2. The highest BCUT2D eigenvalue weighted by Gasteiger charge is 2.42. The van der Waals surface area contributed by atoms with E-state index in [0.29, 0.717) is 0 Å². The zero-order chi connectivity index (χ0) is 16.2. The van der Waals surface area contributed by atoms with Crippen molar-refractivity contribution < 1.29 is 31.5 Å². The minimum atomic E-state index is -2.38. The predicted octanol–water partition coefficient (Wildman–Crippen LogP) is 2.58. The normalized spacial score (nSPS) is 13.8. The van der Waals surface area contributed by atoms with E-state index in [4.69, 9.17) is 0 Å². The summed E-state index contributed by atoms with van der Waals surface area (Å²) < 4.78 is 66.9. The molecule has 0 aliphatic carbocycles. The van der Waals surface area contributed by atoms with Gasteiger partial charge in [-0.05, 0) is 6.07 Å². The van der Waals surface area contributed by atoms with Gasteiger partial charge in [0.1, 0.15) is 5.69 Å². The first kappa shape index (κ1) is 14.1. The first-order chi connectivity index (χ1) is 10.4. The maximum Gasteiger partial charge on any atom is 0.267 e. The average Bonchev–Trinajstić information content (AvgIpc) is 2.77. The summed E-state index contributed by atoms with van der Waals surface area (Å²) in [7, 11) is 0. The molecule has 0 radical (unpaired) electrons. The van der Waals surface area contributed by atoms with Crippen molar-refractivity contribution >= 4 is 17.5 Å². The number of nitrogens with zero attached hydrogens (tertiary/aromatic N) is 2. The van der Waals surface area contributed by atoms with Crippen molar-refractivity contribution in [1.29, 1.82) is 0 Å². The Morgan fingerprint density at radius 2 is 1.27 bits per heavy atom. The fourth-order valence-electron chi connectivity index (χ4n) is 2.08. The SMILES string of the molecule is O=C1c2ccncc2C(=O)N1c1c(F)c(F)c(F)c(F)c1F. The molecule has 2 heterocycles. The highest BCUT2D eigenvalue weighted by Crippen LogP contribution is 2.35. The van der Waals surface area contributed by atoms with Gasteiger partial charge in [0.15, 0.2) is 23.3 Å². The smallest absolute Gasteiger partial charge is 0.267 e. The quantitative estimate of drug-likeness (QED) is 0.352. The van der Waals surface area contributed by atoms with Gasteiger partial charge >= 0.3 is 0 Å². The van der Waals surface area contributed by atoms with Gasteiger partial charge in [-0.3, -0.25) is 14.6 Å². The van der Waals surface area contributed by atoms with Crippen LogP contribution in [0.1, 0.15) is 20.7 Å². The standard InChI is InChI=1S/C13H3F5N2O2/c14-6-7(15)9(17)11(10(18)8(6)16)20-12(21)4-1-2-19-3-5(4)13(20)22/h1-3H. The molecule has 0 saturated heterocycles. The number of anilines is 1. The van der Waals surface area contributed by atoms with Gasteiger partial charge in [0.25, 0.3) is 11.8 Å². The van der Waals surface area contributed by atoms with Crippen molar-refractivity contribution in [2.75, 3.05) is 4.90 Å². The molecular formula is C13H3F5N2O2. The number of fused-ring (bicyclic) bond motifs is 1. The Labute approximate surface area is 118 Å². The van der Waals surface area contributed by atoms with Gasteiger partial charge < -0.3 is 0 Å². The molecule has 0 unspecified atom stereocenters. The molecule has 9 heteroatoms. The molecule has 1 aromatic heterocycles. The number of amides is 2. The lowest BCUT2D eigenvalue weighted by molar-refractivity contribution is 0.0922. The summed E-state index contributed by atoms with van der Waals surface area (Å²) in [5.74, 6) is -13.8. The molecule has 112 valence electrons. The number of halogens is 5. The summed E-state index contributed by atoms with van der Waals surface area (Å²) >= 11 is 0. The Balaban J connectivity index is 2.27. The zero-order valence-corrected chi connectivity index (χ0v) is 10.3. The lowest BCUT2D eigenvalue weighted by atomic mass is 10.2. The number of pyridine rings is 1. The number of imide groups is 1. The molecule has 0 saturated carbocycles. The Morgan fingerprint density at radius 1 is 0.773 bits per heavy atom. The molecule has 4 nitrogen and oxygen atoms in total. The number of hydrogen-bond donors (Lipinski definition) is 0. The van der Waals surface area contributed by atoms with E-state index in [9.17, 15) is 31.5 Å². The summed E-state index contributed by atoms with van der Waals surface area (Å²) in [5, 5.41) is 0. The number of carbonyl (C=O) groups excluding carboxylic acids is 2. The zero-order valence-electron chi connectivity index (χ0n) is 10.3. The summed E-state index contributed by atoms with van der Waals surface area (Å²) in [4.78, 5) is 27.5. The lowest BCUT2D eigenvalue weighted by Crippen LogP contribution is -2.32. The van der Waals surface area contributed by atoms with Crippen LogP contribution in [-0.2, 0) is 0 Å². The van der Waals surface area contributed by atoms with E-state index in [1.54, 1.807) is 0 Å². The second-order valence-corrected chi connectivity index (χ2v) is 4.29. The fraction of sp³-hybridized carbons (Fsp3) is 0. The lowest BCUT2D eigenvalue weighted by Gasteiger charge is -2.16. The van der Waals surface area contributed by atoms with Crippen LogP contribution in [-0.4, -0.2) is 16.8 Å². The molecule has 0 N–H and O–H groups in total. The van der Waals surface area contributed by atoms with E-state index in [0.717, 1.165) is 18.5 Å². The summed E-state index contributed by atoms with van der Waals surface area (Å²) in [6, 6.07) is 1.10. The number of rotatable bonds is 1.